The Balaban J connectivity index is 2.00. The predicted molar refractivity (Wildman–Crippen MR) is 36.7 cm³/mol. The zero-order chi connectivity index (χ0) is 8.51. The van der Waals surface area contributed by atoms with Crippen molar-refractivity contribution in [2.45, 2.75) is 23.9 Å². The van der Waals surface area contributed by atoms with E-state index in [0.29, 0.717) is 12.2 Å². The van der Waals surface area contributed by atoms with Gasteiger partial charge in [0.1, 0.15) is 17.5 Å². The van der Waals surface area contributed by atoms with Crippen molar-refractivity contribution in [2.24, 2.45) is 0 Å². The molecule has 2 bridgehead atoms. The van der Waals surface area contributed by atoms with Crippen molar-refractivity contribution >= 4 is 10.1 Å². The predicted octanol–water partition coefficient (Wildman–Crippen LogP) is -0.344. The maximum atomic E-state index is 10.8. The van der Waals surface area contributed by atoms with E-state index in [1.54, 1.807) is 0 Å². The van der Waals surface area contributed by atoms with E-state index in [2.05, 4.69) is 0 Å². The lowest BCUT2D eigenvalue weighted by molar-refractivity contribution is 0.0543. The molecule has 1 saturated heterocycles. The van der Waals surface area contributed by atoms with Gasteiger partial charge in [0.25, 0.3) is 10.1 Å². The lowest BCUT2D eigenvalue weighted by Gasteiger charge is -2.09. The molecule has 12 heavy (non-hydrogen) atoms. The third-order valence-electron chi connectivity index (χ3n) is 2.45. The smallest absolute Gasteiger partial charge is 0.270 e. The number of hydrogen-bond acceptors (Lipinski definition) is 4. The summed E-state index contributed by atoms with van der Waals surface area (Å²) in [6.45, 7) is 0. The molecular weight excluding hydrogens is 184 g/mol. The maximum Gasteiger partial charge on any atom is 0.270 e. The zero-order valence-corrected chi connectivity index (χ0v) is 6.74. The van der Waals surface area contributed by atoms with Crippen molar-refractivity contribution in [1.29, 1.82) is 0 Å². The first-order valence-electron chi connectivity index (χ1n) is 3.61. The van der Waals surface area contributed by atoms with Gasteiger partial charge in [0.05, 0.1) is 0 Å². The SMILES string of the molecule is O=S(=O)(O)C1CC2OC1C1=C2O1. The van der Waals surface area contributed by atoms with Gasteiger partial charge < -0.3 is 9.47 Å². The van der Waals surface area contributed by atoms with E-state index in [0.717, 1.165) is 5.76 Å². The Kier molecular flexibility index (Phi) is 0.964. The Morgan fingerprint density at radius 1 is 1.42 bits per heavy atom. The van der Waals surface area contributed by atoms with E-state index in [-0.39, 0.29) is 6.10 Å². The molecule has 3 rings (SSSR count). The van der Waals surface area contributed by atoms with Gasteiger partial charge in [0, 0.05) is 6.42 Å². The van der Waals surface area contributed by atoms with Gasteiger partial charge in [-0.3, -0.25) is 4.55 Å². The topological polar surface area (TPSA) is 76.1 Å². The lowest BCUT2D eigenvalue weighted by atomic mass is 10.1. The molecule has 1 N–H and O–H groups in total. The van der Waals surface area contributed by atoms with Crippen molar-refractivity contribution in [2.75, 3.05) is 0 Å². The normalized spacial score (nSPS) is 42.9. The molecular formula is C6H6O5S. The molecule has 0 radical (unpaired) electrons. The van der Waals surface area contributed by atoms with Gasteiger partial charge in [-0.25, -0.2) is 0 Å². The second kappa shape index (κ2) is 1.68. The molecule has 6 heteroatoms. The summed E-state index contributed by atoms with van der Waals surface area (Å²) in [5.74, 6) is 1.40. The highest BCUT2D eigenvalue weighted by atomic mass is 32.2. The molecule has 0 saturated carbocycles. The van der Waals surface area contributed by atoms with Gasteiger partial charge in [0.2, 0.25) is 0 Å². The van der Waals surface area contributed by atoms with Crippen LogP contribution in [0, 0.1) is 0 Å². The van der Waals surface area contributed by atoms with Crippen LogP contribution in [0.25, 0.3) is 0 Å². The summed E-state index contributed by atoms with van der Waals surface area (Å²) >= 11 is 0. The van der Waals surface area contributed by atoms with Crippen LogP contribution in [0.1, 0.15) is 6.42 Å². The first-order chi connectivity index (χ1) is 5.57. The van der Waals surface area contributed by atoms with Crippen LogP contribution in [0.5, 0.6) is 0 Å². The van der Waals surface area contributed by atoms with E-state index in [4.69, 9.17) is 14.0 Å². The molecule has 66 valence electrons. The Labute approximate surface area is 68.7 Å². The first kappa shape index (κ1) is 6.88. The molecule has 0 aromatic carbocycles. The van der Waals surface area contributed by atoms with Crippen LogP contribution < -0.4 is 0 Å². The minimum atomic E-state index is -3.98. The molecule has 1 fully saturated rings. The second-order valence-electron chi connectivity index (χ2n) is 3.17. The molecule has 0 amide bonds. The van der Waals surface area contributed by atoms with E-state index in [1.807, 2.05) is 0 Å². The van der Waals surface area contributed by atoms with Crippen LogP contribution in [0.3, 0.4) is 0 Å². The average Bonchev–Trinajstić information content (AvgIpc) is 2.55. The fourth-order valence-electron chi connectivity index (χ4n) is 1.85. The molecule has 3 aliphatic heterocycles. The average molecular weight is 190 g/mol. The van der Waals surface area contributed by atoms with E-state index >= 15 is 0 Å². The minimum Gasteiger partial charge on any atom is -0.453 e. The number of fused-ring (bicyclic) bond motifs is 4. The molecule has 0 aliphatic carbocycles. The zero-order valence-electron chi connectivity index (χ0n) is 5.93. The Hall–Kier alpha value is -0.590. The van der Waals surface area contributed by atoms with Crippen molar-refractivity contribution in [1.82, 2.24) is 0 Å². The molecule has 0 aromatic rings. The molecule has 3 atom stereocenters. The third kappa shape index (κ3) is 0.675. The minimum absolute atomic E-state index is 0.225. The summed E-state index contributed by atoms with van der Waals surface area (Å²) in [6, 6.07) is 0. The van der Waals surface area contributed by atoms with Crippen LogP contribution in [0.4, 0.5) is 0 Å². The highest BCUT2D eigenvalue weighted by Crippen LogP contribution is 2.52. The van der Waals surface area contributed by atoms with Crippen LogP contribution in [-0.2, 0) is 19.6 Å². The molecule has 0 spiro atoms. The second-order valence-corrected chi connectivity index (χ2v) is 4.80. The quantitative estimate of drug-likeness (QED) is 0.572. The van der Waals surface area contributed by atoms with Crippen LogP contribution in [0.15, 0.2) is 11.5 Å². The number of hydrogen-bond donors (Lipinski definition) is 1. The first-order valence-corrected chi connectivity index (χ1v) is 5.11. The highest BCUT2D eigenvalue weighted by molar-refractivity contribution is 7.86. The number of rotatable bonds is 1. The van der Waals surface area contributed by atoms with E-state index < -0.39 is 21.5 Å². The van der Waals surface area contributed by atoms with Gasteiger partial charge in [-0.05, 0) is 0 Å². The summed E-state index contributed by atoms with van der Waals surface area (Å²) in [4.78, 5) is 0. The van der Waals surface area contributed by atoms with E-state index in [9.17, 15) is 8.42 Å². The van der Waals surface area contributed by atoms with Crippen LogP contribution in [0.2, 0.25) is 0 Å². The fraction of sp³-hybridized carbons (Fsp3) is 0.667. The van der Waals surface area contributed by atoms with Gasteiger partial charge in [0.15, 0.2) is 11.5 Å². The molecule has 3 unspecified atom stereocenters. The van der Waals surface area contributed by atoms with Crippen molar-refractivity contribution in [3.05, 3.63) is 11.5 Å². The van der Waals surface area contributed by atoms with Crippen LogP contribution in [-0.4, -0.2) is 30.4 Å². The van der Waals surface area contributed by atoms with E-state index in [1.165, 1.54) is 0 Å². The summed E-state index contributed by atoms with van der Waals surface area (Å²) in [7, 11) is -3.98. The third-order valence-corrected chi connectivity index (χ3v) is 3.65. The van der Waals surface area contributed by atoms with Crippen molar-refractivity contribution in [3.8, 4) is 0 Å². The molecule has 0 aromatic heterocycles. The molecule has 3 aliphatic rings. The Morgan fingerprint density at radius 2 is 2.17 bits per heavy atom. The highest BCUT2D eigenvalue weighted by Gasteiger charge is 2.60. The Morgan fingerprint density at radius 3 is 2.67 bits per heavy atom. The largest absolute Gasteiger partial charge is 0.453 e. The van der Waals surface area contributed by atoms with Gasteiger partial charge in [-0.2, -0.15) is 8.42 Å². The lowest BCUT2D eigenvalue weighted by Crippen LogP contribution is -2.29. The van der Waals surface area contributed by atoms with Gasteiger partial charge in [-0.1, -0.05) is 0 Å². The van der Waals surface area contributed by atoms with Crippen molar-refractivity contribution in [3.63, 3.8) is 0 Å². The Bertz CT molecular complexity index is 381. The maximum absolute atomic E-state index is 10.8. The summed E-state index contributed by atoms with van der Waals surface area (Å²) < 4.78 is 40.6. The molecule has 5 nitrogen and oxygen atoms in total. The molecule has 3 heterocycles. The standard InChI is InChI=1S/C6H6O5S/c7-12(8,9)3-1-2-4-6(11-4)5(3)10-2/h2-3,5H,1H2,(H,7,8,9). The van der Waals surface area contributed by atoms with Crippen molar-refractivity contribution < 1.29 is 22.4 Å². The summed E-state index contributed by atoms with van der Waals surface area (Å²) in [5, 5.41) is -0.816. The van der Waals surface area contributed by atoms with Crippen LogP contribution >= 0.6 is 0 Å². The van der Waals surface area contributed by atoms with Gasteiger partial charge >= 0.3 is 0 Å². The summed E-state index contributed by atoms with van der Waals surface area (Å²) in [5.41, 5.74) is 0. The van der Waals surface area contributed by atoms with Gasteiger partial charge in [-0.15, -0.1) is 0 Å². The number of ether oxygens (including phenoxy) is 2. The fourth-order valence-corrected chi connectivity index (χ4v) is 2.77. The summed E-state index contributed by atoms with van der Waals surface area (Å²) in [6.07, 6.45) is -0.445. The monoisotopic (exact) mass is 190 g/mol.